The number of aromatic nitrogens is 1. The summed E-state index contributed by atoms with van der Waals surface area (Å²) in [7, 11) is 1.93. The normalized spacial score (nSPS) is 12.5. The van der Waals surface area contributed by atoms with E-state index in [1.807, 2.05) is 55.9 Å². The molecule has 1 atom stereocenters. The second-order valence-corrected chi connectivity index (χ2v) is 6.38. The standard InChI is InChI=1S/C18H24N2O3/c1-12(2)8-9-17(21)19-15(18(22)23)10-13-11-20(3)16-7-5-4-6-14(13)16/h4-7,11-12,15H,8-10H2,1-3H3,(H,19,21)(H,22,23). The molecular formula is C18H24N2O3. The van der Waals surface area contributed by atoms with Crippen molar-refractivity contribution in [1.29, 1.82) is 0 Å². The molecule has 1 aromatic heterocycles. The third kappa shape index (κ3) is 4.34. The molecule has 1 unspecified atom stereocenters. The van der Waals surface area contributed by atoms with Crippen LogP contribution in [0.25, 0.3) is 10.9 Å². The number of carbonyl (C=O) groups excluding carboxylic acids is 1. The highest BCUT2D eigenvalue weighted by atomic mass is 16.4. The number of carboxylic acids is 1. The van der Waals surface area contributed by atoms with Crippen LogP contribution < -0.4 is 5.32 Å². The van der Waals surface area contributed by atoms with Crippen molar-refractivity contribution in [3.05, 3.63) is 36.0 Å². The van der Waals surface area contributed by atoms with Gasteiger partial charge in [0.15, 0.2) is 0 Å². The van der Waals surface area contributed by atoms with E-state index in [2.05, 4.69) is 5.32 Å². The van der Waals surface area contributed by atoms with Crippen molar-refractivity contribution >= 4 is 22.8 Å². The first-order chi connectivity index (χ1) is 10.9. The summed E-state index contributed by atoms with van der Waals surface area (Å²) in [6.45, 7) is 4.08. The third-order valence-electron chi connectivity index (χ3n) is 3.99. The molecule has 0 aliphatic rings. The van der Waals surface area contributed by atoms with Gasteiger partial charge >= 0.3 is 5.97 Å². The molecule has 0 fully saturated rings. The largest absolute Gasteiger partial charge is 0.480 e. The van der Waals surface area contributed by atoms with Crippen molar-refractivity contribution in [2.75, 3.05) is 0 Å². The molecule has 1 heterocycles. The van der Waals surface area contributed by atoms with Crippen LogP contribution in [0.3, 0.4) is 0 Å². The number of benzene rings is 1. The third-order valence-corrected chi connectivity index (χ3v) is 3.99. The molecule has 124 valence electrons. The minimum atomic E-state index is -1.00. The van der Waals surface area contributed by atoms with Gasteiger partial charge in [-0.25, -0.2) is 4.79 Å². The summed E-state index contributed by atoms with van der Waals surface area (Å²) in [6, 6.07) is 6.96. The molecule has 0 radical (unpaired) electrons. The van der Waals surface area contributed by atoms with Crippen molar-refractivity contribution in [2.45, 2.75) is 39.2 Å². The molecule has 0 bridgehead atoms. The summed E-state index contributed by atoms with van der Waals surface area (Å²) >= 11 is 0. The minimum Gasteiger partial charge on any atom is -0.480 e. The van der Waals surface area contributed by atoms with E-state index < -0.39 is 12.0 Å². The lowest BCUT2D eigenvalue weighted by atomic mass is 10.0. The van der Waals surface area contributed by atoms with Gasteiger partial charge in [0.2, 0.25) is 5.91 Å². The molecule has 23 heavy (non-hydrogen) atoms. The van der Waals surface area contributed by atoms with Crippen molar-refractivity contribution in [3.8, 4) is 0 Å². The predicted octanol–water partition coefficient (Wildman–Crippen LogP) is 2.73. The van der Waals surface area contributed by atoms with Crippen LogP contribution in [0.1, 0.15) is 32.3 Å². The van der Waals surface area contributed by atoms with Gasteiger partial charge in [-0.15, -0.1) is 0 Å². The lowest BCUT2D eigenvalue weighted by molar-refractivity contribution is -0.141. The zero-order valence-electron chi connectivity index (χ0n) is 13.9. The highest BCUT2D eigenvalue weighted by Crippen LogP contribution is 2.21. The van der Waals surface area contributed by atoms with Crippen LogP contribution in [0, 0.1) is 5.92 Å². The lowest BCUT2D eigenvalue weighted by Crippen LogP contribution is -2.42. The maximum Gasteiger partial charge on any atom is 0.326 e. The molecule has 2 rings (SSSR count). The molecule has 1 aromatic carbocycles. The maximum absolute atomic E-state index is 11.9. The SMILES string of the molecule is CC(C)CCC(=O)NC(Cc1cn(C)c2ccccc12)C(=O)O. The fourth-order valence-corrected chi connectivity index (χ4v) is 2.69. The molecular weight excluding hydrogens is 292 g/mol. The number of nitrogens with zero attached hydrogens (tertiary/aromatic N) is 1. The Kier molecular flexibility index (Phi) is 5.42. The van der Waals surface area contributed by atoms with Crippen molar-refractivity contribution in [3.63, 3.8) is 0 Å². The van der Waals surface area contributed by atoms with Crippen LogP contribution in [-0.4, -0.2) is 27.6 Å². The minimum absolute atomic E-state index is 0.202. The number of aliphatic carboxylic acids is 1. The van der Waals surface area contributed by atoms with E-state index in [4.69, 9.17) is 0 Å². The van der Waals surface area contributed by atoms with Crippen LogP contribution in [-0.2, 0) is 23.1 Å². The van der Waals surface area contributed by atoms with Gasteiger partial charge in [0, 0.05) is 37.0 Å². The number of carboxylic acid groups (broad SMARTS) is 1. The Labute approximate surface area is 136 Å². The molecule has 2 N–H and O–H groups in total. The average molecular weight is 316 g/mol. The molecule has 0 aliphatic heterocycles. The van der Waals surface area contributed by atoms with E-state index in [-0.39, 0.29) is 12.3 Å². The number of aryl methyl sites for hydroxylation is 1. The lowest BCUT2D eigenvalue weighted by Gasteiger charge is -2.14. The first kappa shape index (κ1) is 17.1. The summed E-state index contributed by atoms with van der Waals surface area (Å²) in [6.07, 6.45) is 3.33. The fraction of sp³-hybridized carbons (Fsp3) is 0.444. The van der Waals surface area contributed by atoms with E-state index in [9.17, 15) is 14.7 Å². The van der Waals surface area contributed by atoms with E-state index in [0.717, 1.165) is 22.9 Å². The topological polar surface area (TPSA) is 71.3 Å². The average Bonchev–Trinajstić information content (AvgIpc) is 2.81. The molecule has 0 aliphatic carbocycles. The van der Waals surface area contributed by atoms with Crippen LogP contribution in [0.5, 0.6) is 0 Å². The van der Waals surface area contributed by atoms with E-state index in [0.29, 0.717) is 12.3 Å². The molecule has 0 spiro atoms. The zero-order chi connectivity index (χ0) is 17.0. The number of nitrogens with one attached hydrogen (secondary N) is 1. The monoisotopic (exact) mass is 316 g/mol. The Balaban J connectivity index is 2.12. The van der Waals surface area contributed by atoms with Crippen LogP contribution in [0.4, 0.5) is 0 Å². The number of carbonyl (C=O) groups is 2. The Hall–Kier alpha value is -2.30. The number of para-hydroxylation sites is 1. The van der Waals surface area contributed by atoms with Gasteiger partial charge < -0.3 is 15.0 Å². The Morgan fingerprint density at radius 2 is 1.96 bits per heavy atom. The Bertz CT molecular complexity index is 703. The zero-order valence-corrected chi connectivity index (χ0v) is 13.9. The number of hydrogen-bond donors (Lipinski definition) is 2. The molecule has 5 nitrogen and oxygen atoms in total. The van der Waals surface area contributed by atoms with Gasteiger partial charge in [-0.1, -0.05) is 32.0 Å². The predicted molar refractivity (Wildman–Crippen MR) is 90.3 cm³/mol. The summed E-state index contributed by atoms with van der Waals surface area (Å²) in [5.41, 5.74) is 1.98. The highest BCUT2D eigenvalue weighted by Gasteiger charge is 2.22. The van der Waals surface area contributed by atoms with E-state index in [1.165, 1.54) is 0 Å². The second kappa shape index (κ2) is 7.31. The van der Waals surface area contributed by atoms with Crippen molar-refractivity contribution < 1.29 is 14.7 Å². The van der Waals surface area contributed by atoms with Gasteiger partial charge in [-0.3, -0.25) is 4.79 Å². The van der Waals surface area contributed by atoms with Gasteiger partial charge in [-0.05, 0) is 24.0 Å². The molecule has 0 saturated carbocycles. The first-order valence-corrected chi connectivity index (χ1v) is 7.93. The smallest absolute Gasteiger partial charge is 0.326 e. The van der Waals surface area contributed by atoms with Crippen molar-refractivity contribution in [1.82, 2.24) is 9.88 Å². The van der Waals surface area contributed by atoms with Gasteiger partial charge in [0.25, 0.3) is 0 Å². The summed E-state index contributed by atoms with van der Waals surface area (Å²) in [4.78, 5) is 23.4. The van der Waals surface area contributed by atoms with E-state index >= 15 is 0 Å². The Morgan fingerprint density at radius 3 is 2.61 bits per heavy atom. The summed E-state index contributed by atoms with van der Waals surface area (Å²) in [5.74, 6) is -0.788. The summed E-state index contributed by atoms with van der Waals surface area (Å²) < 4.78 is 1.98. The van der Waals surface area contributed by atoms with Crippen LogP contribution >= 0.6 is 0 Å². The van der Waals surface area contributed by atoms with Crippen LogP contribution in [0.2, 0.25) is 0 Å². The van der Waals surface area contributed by atoms with Gasteiger partial charge in [0.1, 0.15) is 6.04 Å². The highest BCUT2D eigenvalue weighted by molar-refractivity contribution is 5.87. The number of fused-ring (bicyclic) bond motifs is 1. The maximum atomic E-state index is 11.9. The van der Waals surface area contributed by atoms with Gasteiger partial charge in [-0.2, -0.15) is 0 Å². The quantitative estimate of drug-likeness (QED) is 0.825. The number of rotatable bonds is 7. The number of hydrogen-bond acceptors (Lipinski definition) is 2. The van der Waals surface area contributed by atoms with Crippen LogP contribution in [0.15, 0.2) is 30.5 Å². The second-order valence-electron chi connectivity index (χ2n) is 6.38. The molecule has 0 saturated heterocycles. The number of amides is 1. The Morgan fingerprint density at radius 1 is 1.26 bits per heavy atom. The molecule has 1 amide bonds. The van der Waals surface area contributed by atoms with Gasteiger partial charge in [0.05, 0.1) is 0 Å². The van der Waals surface area contributed by atoms with Crippen molar-refractivity contribution in [2.24, 2.45) is 13.0 Å². The first-order valence-electron chi connectivity index (χ1n) is 7.93. The fourth-order valence-electron chi connectivity index (χ4n) is 2.69. The summed E-state index contributed by atoms with van der Waals surface area (Å²) in [5, 5.41) is 13.1. The molecule has 2 aromatic rings. The molecule has 5 heteroatoms. The van der Waals surface area contributed by atoms with E-state index in [1.54, 1.807) is 0 Å².